The summed E-state index contributed by atoms with van der Waals surface area (Å²) in [6, 6.07) is 0.706. The van der Waals surface area contributed by atoms with Crippen LogP contribution in [0.1, 0.15) is 46.5 Å². The maximum atomic E-state index is 12.6. The third kappa shape index (κ3) is 4.62. The van der Waals surface area contributed by atoms with Crippen molar-refractivity contribution in [2.75, 3.05) is 17.3 Å². The molecule has 0 spiro atoms. The second kappa shape index (κ2) is 6.90. The molecule has 3 atom stereocenters. The minimum absolute atomic E-state index is 0.110. The zero-order valence-corrected chi connectivity index (χ0v) is 14.9. The van der Waals surface area contributed by atoms with E-state index < -0.39 is 9.84 Å². The summed E-state index contributed by atoms with van der Waals surface area (Å²) in [5, 5.41) is 0.110. The molecule has 4 nitrogen and oxygen atoms in total. The van der Waals surface area contributed by atoms with Gasteiger partial charge in [-0.25, -0.2) is 8.42 Å². The largest absolute Gasteiger partial charge is 0.336 e. The summed E-state index contributed by atoms with van der Waals surface area (Å²) in [5.74, 6) is 1.66. The summed E-state index contributed by atoms with van der Waals surface area (Å²) < 4.78 is 22.9. The van der Waals surface area contributed by atoms with Gasteiger partial charge in [-0.3, -0.25) is 4.79 Å². The quantitative estimate of drug-likeness (QED) is 0.717. The molecule has 2 aliphatic rings. The number of rotatable bonds is 7. The predicted octanol–water partition coefficient (Wildman–Crippen LogP) is 2.33. The number of carbonyl (C=O) groups is 1. The van der Waals surface area contributed by atoms with Gasteiger partial charge in [0.1, 0.15) is 0 Å². The number of carbonyl (C=O) groups excluding carboxylic acids is 1. The van der Waals surface area contributed by atoms with Crippen LogP contribution in [0.4, 0.5) is 0 Å². The molecule has 0 radical (unpaired) electrons. The van der Waals surface area contributed by atoms with Crippen LogP contribution in [0.15, 0.2) is 0 Å². The third-order valence-electron chi connectivity index (χ3n) is 4.77. The summed E-state index contributed by atoms with van der Waals surface area (Å²) in [6.45, 7) is 6.51. The fourth-order valence-corrected chi connectivity index (χ4v) is 6.40. The van der Waals surface area contributed by atoms with E-state index >= 15 is 0 Å². The Balaban J connectivity index is 1.88. The number of thioether (sulfide) groups is 1. The fourth-order valence-electron chi connectivity index (χ4n) is 2.89. The maximum Gasteiger partial charge on any atom is 0.233 e. The van der Waals surface area contributed by atoms with Crippen molar-refractivity contribution in [2.24, 2.45) is 5.92 Å². The molecule has 0 bridgehead atoms. The second-order valence-corrected chi connectivity index (χ2v) is 10.0. The molecule has 122 valence electrons. The maximum absolute atomic E-state index is 12.6. The Morgan fingerprint density at radius 2 is 1.95 bits per heavy atom. The standard InChI is InChI=1S/C15H27NO3S2/c1-4-11(2)12(3)16(13-5-6-13)15(17)9-20-14-7-8-21(18,19)10-14/h11-14H,4-10H2,1-3H3/t11-,12-,14-/m0/s1. The van der Waals surface area contributed by atoms with Gasteiger partial charge < -0.3 is 4.90 Å². The van der Waals surface area contributed by atoms with Gasteiger partial charge in [-0.15, -0.1) is 11.8 Å². The van der Waals surface area contributed by atoms with E-state index in [4.69, 9.17) is 0 Å². The SMILES string of the molecule is CC[C@H](C)[C@H](C)N(C(=O)CS[C@H]1CCS(=O)(=O)C1)C1CC1. The Morgan fingerprint density at radius 3 is 2.43 bits per heavy atom. The number of hydrogen-bond acceptors (Lipinski definition) is 4. The molecule has 2 fully saturated rings. The Bertz CT molecular complexity index is 473. The zero-order valence-electron chi connectivity index (χ0n) is 13.2. The van der Waals surface area contributed by atoms with Crippen LogP contribution in [-0.2, 0) is 14.6 Å². The first-order valence-electron chi connectivity index (χ1n) is 7.97. The first kappa shape index (κ1) is 17.1. The molecular weight excluding hydrogens is 306 g/mol. The Hall–Kier alpha value is -0.230. The minimum atomic E-state index is -2.85. The number of amides is 1. The lowest BCUT2D eigenvalue weighted by Gasteiger charge is -2.33. The molecule has 1 saturated carbocycles. The molecule has 0 aromatic carbocycles. The van der Waals surface area contributed by atoms with Crippen molar-refractivity contribution >= 4 is 27.5 Å². The Labute approximate surface area is 133 Å². The Kier molecular flexibility index (Phi) is 5.63. The van der Waals surface area contributed by atoms with E-state index in [9.17, 15) is 13.2 Å². The van der Waals surface area contributed by atoms with Crippen molar-refractivity contribution in [3.8, 4) is 0 Å². The summed E-state index contributed by atoms with van der Waals surface area (Å²) in [6.07, 6.45) is 4.01. The van der Waals surface area contributed by atoms with E-state index in [0.29, 0.717) is 24.1 Å². The van der Waals surface area contributed by atoms with Crippen molar-refractivity contribution in [3.63, 3.8) is 0 Å². The molecule has 1 amide bonds. The van der Waals surface area contributed by atoms with Crippen LogP contribution in [0.5, 0.6) is 0 Å². The number of hydrogen-bond donors (Lipinski definition) is 0. The molecule has 2 rings (SSSR count). The summed E-state index contributed by atoms with van der Waals surface area (Å²) in [7, 11) is -2.85. The highest BCUT2D eigenvalue weighted by Gasteiger charge is 2.37. The van der Waals surface area contributed by atoms with E-state index in [2.05, 4.69) is 25.7 Å². The summed E-state index contributed by atoms with van der Waals surface area (Å²) in [5.41, 5.74) is 0. The molecule has 1 heterocycles. The van der Waals surface area contributed by atoms with Crippen LogP contribution in [0.2, 0.25) is 0 Å². The first-order valence-corrected chi connectivity index (χ1v) is 10.8. The van der Waals surface area contributed by atoms with E-state index in [1.807, 2.05) is 0 Å². The molecular formula is C15H27NO3S2. The molecule has 6 heteroatoms. The van der Waals surface area contributed by atoms with E-state index in [-0.39, 0.29) is 28.7 Å². The smallest absolute Gasteiger partial charge is 0.233 e. The van der Waals surface area contributed by atoms with Crippen LogP contribution < -0.4 is 0 Å². The van der Waals surface area contributed by atoms with Gasteiger partial charge >= 0.3 is 0 Å². The molecule has 1 aliphatic heterocycles. The zero-order chi connectivity index (χ0) is 15.6. The van der Waals surface area contributed by atoms with Gasteiger partial charge in [0.15, 0.2) is 9.84 Å². The lowest BCUT2D eigenvalue weighted by Crippen LogP contribution is -2.44. The molecule has 21 heavy (non-hydrogen) atoms. The van der Waals surface area contributed by atoms with Gasteiger partial charge in [0, 0.05) is 17.3 Å². The normalized spacial score (nSPS) is 27.3. The fraction of sp³-hybridized carbons (Fsp3) is 0.933. The minimum Gasteiger partial charge on any atom is -0.336 e. The van der Waals surface area contributed by atoms with Crippen LogP contribution >= 0.6 is 11.8 Å². The van der Waals surface area contributed by atoms with Gasteiger partial charge in [-0.2, -0.15) is 0 Å². The molecule has 1 aliphatic carbocycles. The van der Waals surface area contributed by atoms with Gasteiger partial charge in [0.2, 0.25) is 5.91 Å². The lowest BCUT2D eigenvalue weighted by molar-refractivity contribution is -0.132. The molecule has 0 aromatic rings. The Morgan fingerprint density at radius 1 is 1.29 bits per heavy atom. The van der Waals surface area contributed by atoms with Gasteiger partial charge in [-0.1, -0.05) is 20.3 Å². The second-order valence-electron chi connectivity index (χ2n) is 6.49. The van der Waals surface area contributed by atoms with Crippen molar-refractivity contribution in [3.05, 3.63) is 0 Å². The van der Waals surface area contributed by atoms with E-state index in [1.165, 1.54) is 11.8 Å². The number of sulfone groups is 1. The van der Waals surface area contributed by atoms with E-state index in [0.717, 1.165) is 19.3 Å². The third-order valence-corrected chi connectivity index (χ3v) is 8.03. The highest BCUT2D eigenvalue weighted by atomic mass is 32.2. The van der Waals surface area contributed by atoms with Crippen LogP contribution in [0.25, 0.3) is 0 Å². The van der Waals surface area contributed by atoms with Gasteiger partial charge in [0.05, 0.1) is 17.3 Å². The van der Waals surface area contributed by atoms with Crippen molar-refractivity contribution in [1.29, 1.82) is 0 Å². The highest BCUT2D eigenvalue weighted by Crippen LogP contribution is 2.33. The first-order chi connectivity index (χ1) is 9.84. The van der Waals surface area contributed by atoms with Crippen molar-refractivity contribution in [2.45, 2.75) is 63.8 Å². The van der Waals surface area contributed by atoms with Crippen molar-refractivity contribution < 1.29 is 13.2 Å². The van der Waals surface area contributed by atoms with Crippen molar-refractivity contribution in [1.82, 2.24) is 4.90 Å². The molecule has 0 aromatic heterocycles. The summed E-state index contributed by atoms with van der Waals surface area (Å²) in [4.78, 5) is 14.6. The summed E-state index contributed by atoms with van der Waals surface area (Å²) >= 11 is 1.53. The van der Waals surface area contributed by atoms with Gasteiger partial charge in [0.25, 0.3) is 0 Å². The average molecular weight is 334 g/mol. The van der Waals surface area contributed by atoms with Gasteiger partial charge in [-0.05, 0) is 32.1 Å². The number of nitrogens with zero attached hydrogens (tertiary/aromatic N) is 1. The van der Waals surface area contributed by atoms with Crippen LogP contribution in [0.3, 0.4) is 0 Å². The van der Waals surface area contributed by atoms with Crippen LogP contribution in [0, 0.1) is 5.92 Å². The highest BCUT2D eigenvalue weighted by molar-refractivity contribution is 8.02. The average Bonchev–Trinajstić information content (AvgIpc) is 3.19. The molecule has 0 N–H and O–H groups in total. The lowest BCUT2D eigenvalue weighted by atomic mass is 9.99. The van der Waals surface area contributed by atoms with E-state index in [1.54, 1.807) is 0 Å². The topological polar surface area (TPSA) is 54.5 Å². The monoisotopic (exact) mass is 333 g/mol. The molecule has 0 unspecified atom stereocenters. The van der Waals surface area contributed by atoms with Crippen LogP contribution in [-0.4, -0.2) is 53.8 Å². The molecule has 1 saturated heterocycles. The predicted molar refractivity (Wildman–Crippen MR) is 88.3 cm³/mol.